The van der Waals surface area contributed by atoms with Crippen molar-refractivity contribution in [2.24, 2.45) is 0 Å². The quantitative estimate of drug-likeness (QED) is 0.407. The van der Waals surface area contributed by atoms with Crippen molar-refractivity contribution >= 4 is 34.1 Å². The Kier molecular flexibility index (Phi) is 6.09. The van der Waals surface area contributed by atoms with Crippen LogP contribution in [0.2, 0.25) is 0 Å². The van der Waals surface area contributed by atoms with Gasteiger partial charge in [-0.1, -0.05) is 0 Å². The zero-order valence-corrected chi connectivity index (χ0v) is 18.5. The van der Waals surface area contributed by atoms with E-state index in [1.165, 1.54) is 12.1 Å². The maximum Gasteiger partial charge on any atom is 0.227 e. The Morgan fingerprint density at radius 3 is 2.65 bits per heavy atom. The van der Waals surface area contributed by atoms with Gasteiger partial charge in [0, 0.05) is 72.8 Å². The first-order valence-electron chi connectivity index (χ1n) is 11.2. The molecule has 0 atom stereocenters. The number of hydrogen-bond donors (Lipinski definition) is 3. The van der Waals surface area contributed by atoms with Crippen LogP contribution in [-0.2, 0) is 4.79 Å². The molecule has 8 nitrogen and oxygen atoms in total. The van der Waals surface area contributed by atoms with E-state index < -0.39 is 0 Å². The predicted octanol–water partition coefficient (Wildman–Crippen LogP) is 3.54. The average Bonchev–Trinajstić information content (AvgIpc) is 3.28. The average molecular weight is 461 g/mol. The van der Waals surface area contributed by atoms with Crippen LogP contribution in [0.5, 0.6) is 0 Å². The van der Waals surface area contributed by atoms with Gasteiger partial charge in [-0.05, 0) is 48.5 Å². The normalized spacial score (nSPS) is 13.9. The number of fused-ring (bicyclic) bond motifs is 1. The third kappa shape index (κ3) is 4.55. The van der Waals surface area contributed by atoms with Crippen LogP contribution in [-0.4, -0.2) is 63.7 Å². The van der Waals surface area contributed by atoms with Crippen molar-refractivity contribution in [3.05, 3.63) is 66.7 Å². The van der Waals surface area contributed by atoms with Gasteiger partial charge in [0.05, 0.1) is 12.3 Å². The molecule has 0 saturated carbocycles. The van der Waals surface area contributed by atoms with E-state index in [-0.39, 0.29) is 24.8 Å². The molecule has 3 N–H and O–H groups in total. The Hall–Kier alpha value is -3.98. The van der Waals surface area contributed by atoms with Crippen LogP contribution in [0.1, 0.15) is 6.42 Å². The Morgan fingerprint density at radius 1 is 1.09 bits per heavy atom. The topological polar surface area (TPSA) is 97.4 Å². The van der Waals surface area contributed by atoms with Crippen LogP contribution in [0, 0.1) is 5.82 Å². The van der Waals surface area contributed by atoms with Crippen LogP contribution in [0.15, 0.2) is 60.9 Å². The molecule has 0 radical (unpaired) electrons. The Labute approximate surface area is 196 Å². The summed E-state index contributed by atoms with van der Waals surface area (Å²) in [6, 6.07) is 14.4. The summed E-state index contributed by atoms with van der Waals surface area (Å²) in [4.78, 5) is 28.1. The molecule has 1 aliphatic rings. The van der Waals surface area contributed by atoms with Crippen molar-refractivity contribution < 1.29 is 14.3 Å². The molecule has 0 bridgehead atoms. The van der Waals surface area contributed by atoms with Gasteiger partial charge in [-0.2, -0.15) is 0 Å². The lowest BCUT2D eigenvalue weighted by molar-refractivity contribution is -0.132. The first kappa shape index (κ1) is 21.8. The van der Waals surface area contributed by atoms with Gasteiger partial charge >= 0.3 is 0 Å². The molecule has 174 valence electrons. The molecule has 0 aliphatic carbocycles. The first-order valence-corrected chi connectivity index (χ1v) is 11.2. The predicted molar refractivity (Wildman–Crippen MR) is 130 cm³/mol. The first-order chi connectivity index (χ1) is 16.6. The number of carbonyl (C=O) groups excluding carboxylic acids is 1. The molecule has 1 amide bonds. The third-order valence-electron chi connectivity index (χ3n) is 6.02. The number of aromatic amines is 1. The number of hydrogen-bond acceptors (Lipinski definition) is 6. The number of rotatable bonds is 6. The fraction of sp³-hybridized carbons (Fsp3) is 0.240. The van der Waals surface area contributed by atoms with Gasteiger partial charge in [0.15, 0.2) is 0 Å². The highest BCUT2D eigenvalue weighted by molar-refractivity contribution is 5.94. The molecule has 1 saturated heterocycles. The van der Waals surface area contributed by atoms with Gasteiger partial charge in [-0.25, -0.2) is 14.4 Å². The maximum atomic E-state index is 13.7. The second-order valence-corrected chi connectivity index (χ2v) is 8.17. The fourth-order valence-electron chi connectivity index (χ4n) is 4.23. The van der Waals surface area contributed by atoms with Crippen LogP contribution in [0.25, 0.3) is 22.2 Å². The Morgan fingerprint density at radius 2 is 1.88 bits per heavy atom. The molecule has 5 rings (SSSR count). The minimum Gasteiger partial charge on any atom is -0.396 e. The van der Waals surface area contributed by atoms with E-state index in [9.17, 15) is 9.18 Å². The van der Waals surface area contributed by atoms with Crippen LogP contribution in [0.3, 0.4) is 0 Å². The summed E-state index contributed by atoms with van der Waals surface area (Å²) in [5, 5.41) is 13.0. The van der Waals surface area contributed by atoms with Gasteiger partial charge in [-0.15, -0.1) is 0 Å². The van der Waals surface area contributed by atoms with Crippen molar-refractivity contribution in [3.8, 4) is 11.3 Å². The SMILES string of the molecule is O=C(CCO)N1CCN(c2ccc(Nc3nccc(-c4c[nH]c5ccc(F)cc45)n3)cc2)CC1. The van der Waals surface area contributed by atoms with E-state index in [1.54, 1.807) is 23.2 Å². The number of H-pyrrole nitrogens is 1. The molecule has 9 heteroatoms. The minimum atomic E-state index is -0.293. The van der Waals surface area contributed by atoms with E-state index >= 15 is 0 Å². The van der Waals surface area contributed by atoms with Gasteiger partial charge in [0.25, 0.3) is 0 Å². The third-order valence-corrected chi connectivity index (χ3v) is 6.02. The Balaban J connectivity index is 1.26. The maximum absolute atomic E-state index is 13.7. The highest BCUT2D eigenvalue weighted by Crippen LogP contribution is 2.29. The summed E-state index contributed by atoms with van der Waals surface area (Å²) in [7, 11) is 0. The number of aliphatic hydroxyl groups excluding tert-OH is 1. The summed E-state index contributed by atoms with van der Waals surface area (Å²) in [6.45, 7) is 2.69. The van der Waals surface area contributed by atoms with Gasteiger partial charge in [-0.3, -0.25) is 4.79 Å². The second kappa shape index (κ2) is 9.48. The van der Waals surface area contributed by atoms with E-state index in [1.807, 2.05) is 30.5 Å². The van der Waals surface area contributed by atoms with Crippen LogP contribution < -0.4 is 10.2 Å². The summed E-state index contributed by atoms with van der Waals surface area (Å²) in [5.41, 5.74) is 4.28. The molecular weight excluding hydrogens is 435 g/mol. The summed E-state index contributed by atoms with van der Waals surface area (Å²) >= 11 is 0. The summed E-state index contributed by atoms with van der Waals surface area (Å²) in [6.07, 6.45) is 3.68. The van der Waals surface area contributed by atoms with Gasteiger partial charge in [0.1, 0.15) is 5.82 Å². The summed E-state index contributed by atoms with van der Waals surface area (Å²) in [5.74, 6) is 0.160. The number of benzene rings is 2. The van der Waals surface area contributed by atoms with Crippen molar-refractivity contribution in [1.82, 2.24) is 19.9 Å². The molecule has 0 spiro atoms. The molecule has 34 heavy (non-hydrogen) atoms. The van der Waals surface area contributed by atoms with Gasteiger partial charge in [0.2, 0.25) is 11.9 Å². The van der Waals surface area contributed by atoms with Crippen molar-refractivity contribution in [2.45, 2.75) is 6.42 Å². The number of aromatic nitrogens is 3. The van der Waals surface area contributed by atoms with Crippen LogP contribution >= 0.6 is 0 Å². The van der Waals surface area contributed by atoms with E-state index in [0.29, 0.717) is 24.7 Å². The number of carbonyl (C=O) groups is 1. The molecule has 2 aromatic carbocycles. The highest BCUT2D eigenvalue weighted by Gasteiger charge is 2.20. The number of nitrogens with zero attached hydrogens (tertiary/aromatic N) is 4. The fourth-order valence-corrected chi connectivity index (χ4v) is 4.23. The molecule has 1 aliphatic heterocycles. The zero-order valence-electron chi connectivity index (χ0n) is 18.5. The van der Waals surface area contributed by atoms with Crippen molar-refractivity contribution in [1.29, 1.82) is 0 Å². The molecule has 2 aromatic heterocycles. The lowest BCUT2D eigenvalue weighted by Crippen LogP contribution is -2.48. The van der Waals surface area contributed by atoms with E-state index in [0.717, 1.165) is 40.9 Å². The van der Waals surface area contributed by atoms with E-state index in [4.69, 9.17) is 5.11 Å². The number of piperazine rings is 1. The number of amides is 1. The largest absolute Gasteiger partial charge is 0.396 e. The second-order valence-electron chi connectivity index (χ2n) is 8.17. The number of nitrogens with one attached hydrogen (secondary N) is 2. The highest BCUT2D eigenvalue weighted by atomic mass is 19.1. The summed E-state index contributed by atoms with van der Waals surface area (Å²) < 4.78 is 13.7. The smallest absolute Gasteiger partial charge is 0.227 e. The molecule has 1 fully saturated rings. The number of halogens is 1. The van der Waals surface area contributed by atoms with Gasteiger partial charge < -0.3 is 25.2 Å². The van der Waals surface area contributed by atoms with Crippen LogP contribution in [0.4, 0.5) is 21.7 Å². The zero-order chi connectivity index (χ0) is 23.5. The number of aliphatic hydroxyl groups is 1. The van der Waals surface area contributed by atoms with Crippen molar-refractivity contribution in [3.63, 3.8) is 0 Å². The lowest BCUT2D eigenvalue weighted by Gasteiger charge is -2.36. The number of anilines is 3. The van der Waals surface area contributed by atoms with E-state index in [2.05, 4.69) is 25.2 Å². The minimum absolute atomic E-state index is 0.00157. The lowest BCUT2D eigenvalue weighted by atomic mass is 10.1. The monoisotopic (exact) mass is 460 g/mol. The standard InChI is InChI=1S/C25H25FN6O2/c26-17-1-6-22-20(15-17)21(16-28-22)23-7-9-27-25(30-23)29-18-2-4-19(5-3-18)31-10-12-32(13-11-31)24(34)8-14-33/h1-7,9,15-16,28,33H,8,10-14H2,(H,27,29,30). The molecule has 3 heterocycles. The molecule has 4 aromatic rings. The molecule has 0 unspecified atom stereocenters. The Bertz CT molecular complexity index is 1300. The van der Waals surface area contributed by atoms with Crippen molar-refractivity contribution in [2.75, 3.05) is 43.0 Å². The molecular formula is C25H25FN6O2.